The predicted molar refractivity (Wildman–Crippen MR) is 79.0 cm³/mol. The number of hydrogen-bond acceptors (Lipinski definition) is 2. The summed E-state index contributed by atoms with van der Waals surface area (Å²) in [5, 5.41) is 0. The Kier molecular flexibility index (Phi) is 4.56. The minimum Gasteiger partial charge on any atom is -0.456 e. The number of benzene rings is 2. The zero-order chi connectivity index (χ0) is 13.0. The summed E-state index contributed by atoms with van der Waals surface area (Å²) in [7, 11) is 0. The number of para-hydroxylation sites is 1. The van der Waals surface area contributed by atoms with Crippen LogP contribution in [0.3, 0.4) is 0 Å². The number of aryl methyl sites for hydroxylation is 1. The van der Waals surface area contributed by atoms with Gasteiger partial charge in [-0.05, 0) is 42.5 Å². The van der Waals surface area contributed by atoms with E-state index < -0.39 is 0 Å². The standard InChI is InChI=1S/C15H15ClOS/c1-11-7-8-12(10-16)9-14(11)17-13-5-3-4-6-15(13)18-2/h3-9H,10H2,1-2H3. The van der Waals surface area contributed by atoms with E-state index in [0.717, 1.165) is 27.5 Å². The van der Waals surface area contributed by atoms with Crippen LogP contribution in [0.25, 0.3) is 0 Å². The lowest BCUT2D eigenvalue weighted by Gasteiger charge is -2.12. The molecule has 0 aliphatic carbocycles. The van der Waals surface area contributed by atoms with Gasteiger partial charge < -0.3 is 4.74 Å². The molecule has 2 aromatic carbocycles. The predicted octanol–water partition coefficient (Wildman–Crippen LogP) is 5.25. The van der Waals surface area contributed by atoms with Crippen LogP contribution in [0.15, 0.2) is 47.4 Å². The molecule has 0 fully saturated rings. The Labute approximate surface area is 117 Å². The van der Waals surface area contributed by atoms with Gasteiger partial charge in [-0.25, -0.2) is 0 Å². The maximum Gasteiger partial charge on any atom is 0.140 e. The second-order valence-corrected chi connectivity index (χ2v) is 5.10. The van der Waals surface area contributed by atoms with Gasteiger partial charge in [0.1, 0.15) is 11.5 Å². The molecule has 0 saturated carbocycles. The molecule has 3 heteroatoms. The van der Waals surface area contributed by atoms with Gasteiger partial charge in [0.25, 0.3) is 0 Å². The van der Waals surface area contributed by atoms with Gasteiger partial charge in [0.2, 0.25) is 0 Å². The summed E-state index contributed by atoms with van der Waals surface area (Å²) in [5.41, 5.74) is 2.18. The fourth-order valence-electron chi connectivity index (χ4n) is 1.66. The van der Waals surface area contributed by atoms with Crippen molar-refractivity contribution in [2.75, 3.05) is 6.26 Å². The highest BCUT2D eigenvalue weighted by atomic mass is 35.5. The summed E-state index contributed by atoms with van der Waals surface area (Å²) in [6.07, 6.45) is 2.05. The Balaban J connectivity index is 2.33. The van der Waals surface area contributed by atoms with Crippen molar-refractivity contribution in [1.82, 2.24) is 0 Å². The quantitative estimate of drug-likeness (QED) is 0.558. The van der Waals surface area contributed by atoms with Crippen molar-refractivity contribution in [2.24, 2.45) is 0 Å². The minimum atomic E-state index is 0.501. The highest BCUT2D eigenvalue weighted by Crippen LogP contribution is 2.33. The fourth-order valence-corrected chi connectivity index (χ4v) is 2.35. The molecule has 0 aliphatic rings. The van der Waals surface area contributed by atoms with Crippen LogP contribution >= 0.6 is 23.4 Å². The van der Waals surface area contributed by atoms with E-state index >= 15 is 0 Å². The van der Waals surface area contributed by atoms with Gasteiger partial charge in [0, 0.05) is 10.8 Å². The van der Waals surface area contributed by atoms with Gasteiger partial charge >= 0.3 is 0 Å². The molecule has 0 atom stereocenters. The monoisotopic (exact) mass is 278 g/mol. The van der Waals surface area contributed by atoms with Crippen LogP contribution in [0.4, 0.5) is 0 Å². The number of halogens is 1. The first-order valence-electron chi connectivity index (χ1n) is 5.71. The molecule has 18 heavy (non-hydrogen) atoms. The lowest BCUT2D eigenvalue weighted by atomic mass is 10.1. The third-order valence-corrected chi connectivity index (χ3v) is 3.78. The van der Waals surface area contributed by atoms with Crippen LogP contribution in [-0.2, 0) is 5.88 Å². The summed E-state index contributed by atoms with van der Waals surface area (Å²) in [6, 6.07) is 14.1. The van der Waals surface area contributed by atoms with Crippen molar-refractivity contribution in [1.29, 1.82) is 0 Å². The summed E-state index contributed by atoms with van der Waals surface area (Å²) in [5.74, 6) is 2.26. The van der Waals surface area contributed by atoms with Gasteiger partial charge in [0.05, 0.1) is 0 Å². The number of thioether (sulfide) groups is 1. The summed E-state index contributed by atoms with van der Waals surface area (Å²) in [6.45, 7) is 2.04. The first-order chi connectivity index (χ1) is 8.74. The number of alkyl halides is 1. The van der Waals surface area contributed by atoms with Gasteiger partial charge in [-0.3, -0.25) is 0 Å². The molecule has 2 aromatic rings. The van der Waals surface area contributed by atoms with Crippen LogP contribution in [0.2, 0.25) is 0 Å². The second kappa shape index (κ2) is 6.17. The van der Waals surface area contributed by atoms with E-state index in [-0.39, 0.29) is 0 Å². The van der Waals surface area contributed by atoms with E-state index in [1.54, 1.807) is 11.8 Å². The van der Waals surface area contributed by atoms with Gasteiger partial charge in [-0.1, -0.05) is 24.3 Å². The second-order valence-electron chi connectivity index (χ2n) is 3.99. The zero-order valence-electron chi connectivity index (χ0n) is 10.4. The highest BCUT2D eigenvalue weighted by molar-refractivity contribution is 7.98. The SMILES string of the molecule is CSc1ccccc1Oc1cc(CCl)ccc1C. The zero-order valence-corrected chi connectivity index (χ0v) is 12.0. The lowest BCUT2D eigenvalue weighted by Crippen LogP contribution is -1.91. The van der Waals surface area contributed by atoms with Crippen LogP contribution in [-0.4, -0.2) is 6.26 Å². The normalized spacial score (nSPS) is 10.4. The molecule has 0 spiro atoms. The molecule has 94 valence electrons. The molecular weight excluding hydrogens is 264 g/mol. The number of ether oxygens (including phenoxy) is 1. The third-order valence-electron chi connectivity index (χ3n) is 2.70. The Hall–Kier alpha value is -1.12. The highest BCUT2D eigenvalue weighted by Gasteiger charge is 2.06. The Bertz CT molecular complexity index is 540. The van der Waals surface area contributed by atoms with Crippen molar-refractivity contribution in [2.45, 2.75) is 17.7 Å². The fraction of sp³-hybridized carbons (Fsp3) is 0.200. The summed E-state index contributed by atoms with van der Waals surface area (Å²) >= 11 is 7.53. The van der Waals surface area contributed by atoms with Crippen LogP contribution in [0, 0.1) is 6.92 Å². The molecule has 0 N–H and O–H groups in total. The van der Waals surface area contributed by atoms with Gasteiger partial charge in [0.15, 0.2) is 0 Å². The smallest absolute Gasteiger partial charge is 0.140 e. The Morgan fingerprint density at radius 3 is 2.61 bits per heavy atom. The molecule has 0 radical (unpaired) electrons. The minimum absolute atomic E-state index is 0.501. The van der Waals surface area contributed by atoms with Crippen molar-refractivity contribution < 1.29 is 4.74 Å². The third kappa shape index (κ3) is 3.01. The van der Waals surface area contributed by atoms with E-state index in [1.165, 1.54) is 0 Å². The Morgan fingerprint density at radius 2 is 1.89 bits per heavy atom. The van der Waals surface area contributed by atoms with Crippen molar-refractivity contribution >= 4 is 23.4 Å². The lowest BCUT2D eigenvalue weighted by molar-refractivity contribution is 0.467. The summed E-state index contributed by atoms with van der Waals surface area (Å²) < 4.78 is 5.99. The maximum atomic E-state index is 5.99. The maximum absolute atomic E-state index is 5.99. The van der Waals surface area contributed by atoms with E-state index in [9.17, 15) is 0 Å². The van der Waals surface area contributed by atoms with E-state index in [0.29, 0.717) is 5.88 Å². The largest absolute Gasteiger partial charge is 0.456 e. The van der Waals surface area contributed by atoms with E-state index in [2.05, 4.69) is 6.07 Å². The van der Waals surface area contributed by atoms with Crippen LogP contribution < -0.4 is 4.74 Å². The molecule has 0 aromatic heterocycles. The molecule has 0 unspecified atom stereocenters. The van der Waals surface area contributed by atoms with Crippen LogP contribution in [0.1, 0.15) is 11.1 Å². The molecular formula is C15H15ClOS. The first-order valence-corrected chi connectivity index (χ1v) is 7.47. The summed E-state index contributed by atoms with van der Waals surface area (Å²) in [4.78, 5) is 1.13. The number of hydrogen-bond donors (Lipinski definition) is 0. The van der Waals surface area contributed by atoms with Gasteiger partial charge in [-0.2, -0.15) is 0 Å². The molecule has 0 saturated heterocycles. The average molecular weight is 279 g/mol. The molecule has 0 aliphatic heterocycles. The van der Waals surface area contributed by atoms with Crippen molar-refractivity contribution in [3.8, 4) is 11.5 Å². The van der Waals surface area contributed by atoms with E-state index in [4.69, 9.17) is 16.3 Å². The molecule has 0 bridgehead atoms. The molecule has 1 nitrogen and oxygen atoms in total. The van der Waals surface area contributed by atoms with Crippen LogP contribution in [0.5, 0.6) is 11.5 Å². The first kappa shape index (κ1) is 13.3. The Morgan fingerprint density at radius 1 is 1.11 bits per heavy atom. The van der Waals surface area contributed by atoms with Gasteiger partial charge in [-0.15, -0.1) is 23.4 Å². The number of rotatable bonds is 4. The average Bonchev–Trinajstić information content (AvgIpc) is 2.42. The molecule has 2 rings (SSSR count). The van der Waals surface area contributed by atoms with Crippen molar-refractivity contribution in [3.05, 3.63) is 53.6 Å². The van der Waals surface area contributed by atoms with E-state index in [1.807, 2.05) is 49.6 Å². The topological polar surface area (TPSA) is 9.23 Å². The molecule has 0 amide bonds. The molecule has 0 heterocycles. The van der Waals surface area contributed by atoms with Crippen molar-refractivity contribution in [3.63, 3.8) is 0 Å².